The SMILES string of the molecule is COc1ccc(CNC(=O)c2ccc([N+](=O)[O-])cc2[N+](=O)[O-])cc1. The molecule has 0 unspecified atom stereocenters. The molecule has 0 heterocycles. The predicted molar refractivity (Wildman–Crippen MR) is 83.9 cm³/mol. The van der Waals surface area contributed by atoms with Crippen LogP contribution in [0.15, 0.2) is 42.5 Å². The number of nitro groups is 2. The van der Waals surface area contributed by atoms with E-state index in [0.717, 1.165) is 23.8 Å². The molecule has 1 amide bonds. The van der Waals surface area contributed by atoms with Crippen LogP contribution in [0.25, 0.3) is 0 Å². The summed E-state index contributed by atoms with van der Waals surface area (Å²) in [5.74, 6) is -0.0245. The Bertz CT molecular complexity index is 788. The number of carbonyl (C=O) groups excluding carboxylic acids is 1. The molecule has 0 aliphatic rings. The molecule has 0 atom stereocenters. The van der Waals surface area contributed by atoms with Gasteiger partial charge in [-0.15, -0.1) is 0 Å². The second-order valence-corrected chi connectivity index (χ2v) is 4.75. The minimum Gasteiger partial charge on any atom is -0.497 e. The van der Waals surface area contributed by atoms with Crippen LogP contribution >= 0.6 is 0 Å². The highest BCUT2D eigenvalue weighted by Gasteiger charge is 2.23. The van der Waals surface area contributed by atoms with E-state index >= 15 is 0 Å². The Morgan fingerprint density at radius 3 is 2.29 bits per heavy atom. The van der Waals surface area contributed by atoms with E-state index in [1.54, 1.807) is 24.3 Å². The molecule has 9 heteroatoms. The van der Waals surface area contributed by atoms with Crippen molar-refractivity contribution in [1.29, 1.82) is 0 Å². The maximum absolute atomic E-state index is 12.1. The number of non-ortho nitro benzene ring substituents is 1. The highest BCUT2D eigenvalue weighted by Crippen LogP contribution is 2.24. The lowest BCUT2D eigenvalue weighted by atomic mass is 10.1. The fourth-order valence-corrected chi connectivity index (χ4v) is 2.00. The van der Waals surface area contributed by atoms with Crippen LogP contribution in [0.1, 0.15) is 15.9 Å². The van der Waals surface area contributed by atoms with Crippen LogP contribution in [0.3, 0.4) is 0 Å². The van der Waals surface area contributed by atoms with Crippen molar-refractivity contribution in [2.45, 2.75) is 6.54 Å². The van der Waals surface area contributed by atoms with E-state index in [-0.39, 0.29) is 12.1 Å². The van der Waals surface area contributed by atoms with Crippen LogP contribution in [0.2, 0.25) is 0 Å². The summed E-state index contributed by atoms with van der Waals surface area (Å²) in [4.78, 5) is 32.3. The Morgan fingerprint density at radius 2 is 1.75 bits per heavy atom. The van der Waals surface area contributed by atoms with E-state index in [2.05, 4.69) is 5.32 Å². The molecule has 9 nitrogen and oxygen atoms in total. The molecule has 0 aromatic heterocycles. The smallest absolute Gasteiger partial charge is 0.289 e. The third kappa shape index (κ3) is 3.83. The molecule has 24 heavy (non-hydrogen) atoms. The summed E-state index contributed by atoms with van der Waals surface area (Å²) in [5, 5.41) is 24.3. The van der Waals surface area contributed by atoms with Gasteiger partial charge in [-0.05, 0) is 23.8 Å². The number of hydrogen-bond donors (Lipinski definition) is 1. The number of nitro benzene ring substituents is 2. The molecular formula is C15H13N3O6. The van der Waals surface area contributed by atoms with Gasteiger partial charge in [0.05, 0.1) is 23.0 Å². The van der Waals surface area contributed by atoms with Gasteiger partial charge < -0.3 is 10.1 Å². The van der Waals surface area contributed by atoms with Gasteiger partial charge in [0.2, 0.25) is 0 Å². The predicted octanol–water partition coefficient (Wildman–Crippen LogP) is 2.44. The highest BCUT2D eigenvalue weighted by atomic mass is 16.6. The number of rotatable bonds is 6. The van der Waals surface area contributed by atoms with Crippen molar-refractivity contribution >= 4 is 17.3 Å². The van der Waals surface area contributed by atoms with E-state index in [4.69, 9.17) is 4.74 Å². The lowest BCUT2D eigenvalue weighted by molar-refractivity contribution is -0.394. The Hall–Kier alpha value is -3.49. The second kappa shape index (κ2) is 7.18. The summed E-state index contributed by atoms with van der Waals surface area (Å²) >= 11 is 0. The van der Waals surface area contributed by atoms with Crippen LogP contribution in [0.5, 0.6) is 5.75 Å². The Labute approximate surface area is 136 Å². The monoisotopic (exact) mass is 331 g/mol. The van der Waals surface area contributed by atoms with Crippen molar-refractivity contribution in [1.82, 2.24) is 5.32 Å². The summed E-state index contributed by atoms with van der Waals surface area (Å²) in [6.07, 6.45) is 0. The summed E-state index contributed by atoms with van der Waals surface area (Å²) < 4.78 is 5.02. The molecule has 2 aromatic carbocycles. The Kier molecular flexibility index (Phi) is 5.05. The van der Waals surface area contributed by atoms with Gasteiger partial charge in [0.1, 0.15) is 11.3 Å². The van der Waals surface area contributed by atoms with Crippen molar-refractivity contribution in [3.63, 3.8) is 0 Å². The molecule has 0 radical (unpaired) electrons. The first-order valence-electron chi connectivity index (χ1n) is 6.76. The van der Waals surface area contributed by atoms with Crippen molar-refractivity contribution < 1.29 is 19.4 Å². The quantitative estimate of drug-likeness (QED) is 0.640. The molecule has 0 aliphatic carbocycles. The summed E-state index contributed by atoms with van der Waals surface area (Å²) in [6.45, 7) is 0.150. The number of nitrogens with zero attached hydrogens (tertiary/aromatic N) is 2. The molecule has 124 valence electrons. The number of benzene rings is 2. The van der Waals surface area contributed by atoms with Gasteiger partial charge in [0.25, 0.3) is 17.3 Å². The zero-order chi connectivity index (χ0) is 17.7. The molecule has 1 N–H and O–H groups in total. The van der Waals surface area contributed by atoms with Gasteiger partial charge in [-0.1, -0.05) is 12.1 Å². The molecule has 2 rings (SSSR count). The summed E-state index contributed by atoms with van der Waals surface area (Å²) in [7, 11) is 1.53. The van der Waals surface area contributed by atoms with Crippen LogP contribution in [-0.4, -0.2) is 22.9 Å². The van der Waals surface area contributed by atoms with E-state index in [1.165, 1.54) is 7.11 Å². The zero-order valence-electron chi connectivity index (χ0n) is 12.6. The first-order valence-corrected chi connectivity index (χ1v) is 6.76. The van der Waals surface area contributed by atoms with Crippen molar-refractivity contribution in [3.05, 3.63) is 73.8 Å². The van der Waals surface area contributed by atoms with Crippen molar-refractivity contribution in [2.24, 2.45) is 0 Å². The second-order valence-electron chi connectivity index (χ2n) is 4.75. The van der Waals surface area contributed by atoms with Gasteiger partial charge in [-0.25, -0.2) is 0 Å². The van der Waals surface area contributed by atoms with Gasteiger partial charge in [0, 0.05) is 12.6 Å². The zero-order valence-corrected chi connectivity index (χ0v) is 12.6. The van der Waals surface area contributed by atoms with Gasteiger partial charge in [0.15, 0.2) is 0 Å². The van der Waals surface area contributed by atoms with E-state index in [1.807, 2.05) is 0 Å². The Balaban J connectivity index is 2.16. The van der Waals surface area contributed by atoms with E-state index in [0.29, 0.717) is 5.75 Å². The summed E-state index contributed by atoms with van der Waals surface area (Å²) in [5.41, 5.74) is -0.530. The first kappa shape index (κ1) is 16.9. The van der Waals surface area contributed by atoms with Crippen molar-refractivity contribution in [3.8, 4) is 5.75 Å². The number of ether oxygens (including phenoxy) is 1. The van der Waals surface area contributed by atoms with Gasteiger partial charge in [-0.3, -0.25) is 25.0 Å². The molecule has 0 saturated heterocycles. The number of carbonyl (C=O) groups is 1. The fourth-order valence-electron chi connectivity index (χ4n) is 2.00. The molecule has 0 aliphatic heterocycles. The number of amides is 1. The maximum atomic E-state index is 12.1. The van der Waals surface area contributed by atoms with E-state index in [9.17, 15) is 25.0 Å². The van der Waals surface area contributed by atoms with Gasteiger partial charge in [-0.2, -0.15) is 0 Å². The molecule has 0 spiro atoms. The minimum atomic E-state index is -0.824. The third-order valence-electron chi connectivity index (χ3n) is 3.25. The largest absolute Gasteiger partial charge is 0.497 e. The lowest BCUT2D eigenvalue weighted by Crippen LogP contribution is -2.23. The molecular weight excluding hydrogens is 318 g/mol. The van der Waals surface area contributed by atoms with Crippen LogP contribution in [0, 0.1) is 20.2 Å². The highest BCUT2D eigenvalue weighted by molar-refractivity contribution is 5.98. The Morgan fingerprint density at radius 1 is 1.08 bits per heavy atom. The molecule has 0 saturated carbocycles. The number of methoxy groups -OCH3 is 1. The van der Waals surface area contributed by atoms with Crippen LogP contribution in [0.4, 0.5) is 11.4 Å². The standard InChI is InChI=1S/C15H13N3O6/c1-24-12-5-2-10(3-6-12)9-16-15(19)13-7-4-11(17(20)21)8-14(13)18(22)23/h2-8H,9H2,1H3,(H,16,19). The minimum absolute atomic E-state index is 0.150. The average Bonchev–Trinajstić information content (AvgIpc) is 2.59. The number of hydrogen-bond acceptors (Lipinski definition) is 6. The first-order chi connectivity index (χ1) is 11.4. The average molecular weight is 331 g/mol. The van der Waals surface area contributed by atoms with Gasteiger partial charge >= 0.3 is 0 Å². The van der Waals surface area contributed by atoms with E-state index < -0.39 is 27.1 Å². The normalized spacial score (nSPS) is 10.0. The fraction of sp³-hybridized carbons (Fsp3) is 0.133. The van der Waals surface area contributed by atoms with Crippen LogP contribution in [-0.2, 0) is 6.54 Å². The number of nitrogens with one attached hydrogen (secondary N) is 1. The third-order valence-corrected chi connectivity index (χ3v) is 3.25. The topological polar surface area (TPSA) is 125 Å². The maximum Gasteiger partial charge on any atom is 0.289 e. The lowest BCUT2D eigenvalue weighted by Gasteiger charge is -2.07. The molecule has 0 bridgehead atoms. The van der Waals surface area contributed by atoms with Crippen LogP contribution < -0.4 is 10.1 Å². The summed E-state index contributed by atoms with van der Waals surface area (Å²) in [6, 6.07) is 9.80. The molecule has 0 fully saturated rings. The molecule has 2 aromatic rings. The van der Waals surface area contributed by atoms with Crippen molar-refractivity contribution in [2.75, 3.05) is 7.11 Å².